The van der Waals surface area contributed by atoms with E-state index in [1.807, 2.05) is 36.4 Å². The molecule has 3 aromatic rings. The second kappa shape index (κ2) is 7.96. The minimum absolute atomic E-state index is 0.438. The number of hydrogen-bond acceptors (Lipinski definition) is 2. The van der Waals surface area contributed by atoms with Crippen LogP contribution in [0, 0.1) is 0 Å². The third-order valence-corrected chi connectivity index (χ3v) is 5.07. The first kappa shape index (κ1) is 18.5. The van der Waals surface area contributed by atoms with Gasteiger partial charge in [-0.1, -0.05) is 36.5 Å². The number of rotatable bonds is 7. The number of halogens is 2. The molecule has 0 radical (unpaired) electrons. The largest absolute Gasteiger partial charge is 0.390 e. The monoisotopic (exact) mass is 378 g/mol. The molecule has 0 saturated carbocycles. The Kier molecular flexibility index (Phi) is 5.90. The van der Waals surface area contributed by atoms with E-state index in [2.05, 4.69) is 23.4 Å². The highest BCUT2D eigenvalue weighted by Gasteiger charge is 2.15. The van der Waals surface area contributed by atoms with Gasteiger partial charge in [-0.05, 0) is 56.4 Å². The van der Waals surface area contributed by atoms with Crippen molar-refractivity contribution in [3.63, 3.8) is 0 Å². The van der Waals surface area contributed by atoms with E-state index in [1.54, 1.807) is 0 Å². The number of nitrogens with zero attached hydrogens (tertiary/aromatic N) is 2. The van der Waals surface area contributed by atoms with E-state index in [0.29, 0.717) is 23.1 Å². The molecule has 25 heavy (non-hydrogen) atoms. The number of unbranched alkanes of at least 4 members (excludes halogenated alkanes) is 1. The zero-order valence-corrected chi connectivity index (χ0v) is 16.2. The molecule has 3 nitrogen and oxygen atoms in total. The van der Waals surface area contributed by atoms with Gasteiger partial charge in [0.15, 0.2) is 0 Å². The Morgan fingerprint density at radius 2 is 1.60 bits per heavy atom. The van der Waals surface area contributed by atoms with Gasteiger partial charge in [0.1, 0.15) is 0 Å². The molecular formula is C20H24Cl2N2O. The summed E-state index contributed by atoms with van der Waals surface area (Å²) in [7, 11) is 2.06. The van der Waals surface area contributed by atoms with Gasteiger partial charge in [0.2, 0.25) is 0 Å². The summed E-state index contributed by atoms with van der Waals surface area (Å²) in [6.07, 6.45) is 1.87. The average molecular weight is 379 g/mol. The van der Waals surface area contributed by atoms with Crippen LogP contribution in [0.4, 0.5) is 0 Å². The number of hydrogen-bond donors (Lipinski definition) is 1. The number of aliphatic hydroxyl groups excluding tert-OH is 1. The van der Waals surface area contributed by atoms with E-state index < -0.39 is 6.10 Å². The number of aromatic nitrogens is 1. The predicted octanol–water partition coefficient (Wildman–Crippen LogP) is 5.19. The lowest BCUT2D eigenvalue weighted by Gasteiger charge is -2.21. The van der Waals surface area contributed by atoms with Crippen molar-refractivity contribution >= 4 is 45.0 Å². The maximum atomic E-state index is 10.6. The standard InChI is InChI=1S/C20H24Cl2N2O/c1-3-4-9-23(2)12-16(25)13-24-19-7-5-14(21)10-17(19)18-11-15(22)6-8-20(18)24/h5-8,10-11,16,25H,3-4,9,12-13H2,1-2H3/t16-/m0/s1. The van der Waals surface area contributed by atoms with E-state index in [1.165, 1.54) is 0 Å². The summed E-state index contributed by atoms with van der Waals surface area (Å²) in [6, 6.07) is 11.7. The SMILES string of the molecule is CCCCN(C)C[C@H](O)Cn1c2ccc(Cl)cc2c2cc(Cl)ccc21. The van der Waals surface area contributed by atoms with Crippen LogP contribution < -0.4 is 0 Å². The smallest absolute Gasteiger partial charge is 0.0845 e. The van der Waals surface area contributed by atoms with Crippen molar-refractivity contribution in [1.82, 2.24) is 9.47 Å². The third-order valence-electron chi connectivity index (χ3n) is 4.60. The topological polar surface area (TPSA) is 28.4 Å². The molecule has 0 amide bonds. The van der Waals surface area contributed by atoms with Crippen LogP contribution in [0.25, 0.3) is 21.8 Å². The molecule has 1 N–H and O–H groups in total. The van der Waals surface area contributed by atoms with Gasteiger partial charge in [-0.15, -0.1) is 0 Å². The van der Waals surface area contributed by atoms with Crippen molar-refractivity contribution in [3.8, 4) is 0 Å². The number of aliphatic hydroxyl groups is 1. The predicted molar refractivity (Wildman–Crippen MR) is 108 cm³/mol. The fourth-order valence-electron chi connectivity index (χ4n) is 3.39. The van der Waals surface area contributed by atoms with Crippen molar-refractivity contribution < 1.29 is 5.11 Å². The maximum absolute atomic E-state index is 10.6. The summed E-state index contributed by atoms with van der Waals surface area (Å²) in [5.74, 6) is 0. The van der Waals surface area contributed by atoms with Crippen molar-refractivity contribution in [2.75, 3.05) is 20.1 Å². The summed E-state index contributed by atoms with van der Waals surface area (Å²) in [5.41, 5.74) is 2.13. The van der Waals surface area contributed by atoms with Gasteiger partial charge in [-0.2, -0.15) is 0 Å². The zero-order valence-electron chi connectivity index (χ0n) is 14.7. The zero-order chi connectivity index (χ0) is 18.0. The molecule has 0 aliphatic carbocycles. The maximum Gasteiger partial charge on any atom is 0.0845 e. The molecule has 0 aliphatic heterocycles. The molecule has 1 heterocycles. The average Bonchev–Trinajstić information content (AvgIpc) is 2.85. The van der Waals surface area contributed by atoms with E-state index in [4.69, 9.17) is 23.2 Å². The van der Waals surface area contributed by atoms with Crippen LogP contribution in [-0.4, -0.2) is 40.8 Å². The fraction of sp³-hybridized carbons (Fsp3) is 0.400. The Morgan fingerprint density at radius 3 is 2.12 bits per heavy atom. The first-order chi connectivity index (χ1) is 12.0. The minimum Gasteiger partial charge on any atom is -0.390 e. The van der Waals surface area contributed by atoms with Gasteiger partial charge in [0.05, 0.1) is 12.6 Å². The van der Waals surface area contributed by atoms with Crippen molar-refractivity contribution in [1.29, 1.82) is 0 Å². The normalized spacial score (nSPS) is 13.2. The van der Waals surface area contributed by atoms with Crippen molar-refractivity contribution in [2.24, 2.45) is 0 Å². The van der Waals surface area contributed by atoms with Crippen LogP contribution in [0.3, 0.4) is 0 Å². The first-order valence-electron chi connectivity index (χ1n) is 8.73. The second-order valence-electron chi connectivity index (χ2n) is 6.70. The molecule has 0 aliphatic rings. The van der Waals surface area contributed by atoms with Crippen LogP contribution in [0.2, 0.25) is 10.0 Å². The van der Waals surface area contributed by atoms with Gasteiger partial charge in [-0.3, -0.25) is 0 Å². The summed E-state index contributed by atoms with van der Waals surface area (Å²) < 4.78 is 2.16. The highest BCUT2D eigenvalue weighted by molar-refractivity contribution is 6.33. The molecule has 3 rings (SSSR count). The highest BCUT2D eigenvalue weighted by atomic mass is 35.5. The lowest BCUT2D eigenvalue weighted by atomic mass is 10.1. The van der Waals surface area contributed by atoms with Gasteiger partial charge in [-0.25, -0.2) is 0 Å². The molecule has 0 bridgehead atoms. The number of likely N-dealkylation sites (N-methyl/N-ethyl adjacent to an activating group) is 1. The Hall–Kier alpha value is -1.26. The molecule has 2 aromatic carbocycles. The number of benzene rings is 2. The van der Waals surface area contributed by atoms with Crippen molar-refractivity contribution in [3.05, 3.63) is 46.4 Å². The fourth-order valence-corrected chi connectivity index (χ4v) is 3.74. The van der Waals surface area contributed by atoms with Crippen LogP contribution in [0.1, 0.15) is 19.8 Å². The van der Waals surface area contributed by atoms with Gasteiger partial charge in [0.25, 0.3) is 0 Å². The van der Waals surface area contributed by atoms with Crippen LogP contribution >= 0.6 is 23.2 Å². The summed E-state index contributed by atoms with van der Waals surface area (Å²) in [5, 5.41) is 14.1. The minimum atomic E-state index is -0.438. The molecular weight excluding hydrogens is 355 g/mol. The van der Waals surface area contributed by atoms with Gasteiger partial charge >= 0.3 is 0 Å². The van der Waals surface area contributed by atoms with E-state index in [0.717, 1.165) is 41.2 Å². The lowest BCUT2D eigenvalue weighted by molar-refractivity contribution is 0.111. The molecule has 1 atom stereocenters. The van der Waals surface area contributed by atoms with E-state index in [9.17, 15) is 5.11 Å². The lowest BCUT2D eigenvalue weighted by Crippen LogP contribution is -2.32. The van der Waals surface area contributed by atoms with E-state index >= 15 is 0 Å². The van der Waals surface area contributed by atoms with Gasteiger partial charge in [0, 0.05) is 38.4 Å². The molecule has 5 heteroatoms. The molecule has 0 fully saturated rings. The van der Waals surface area contributed by atoms with Crippen LogP contribution in [-0.2, 0) is 6.54 Å². The molecule has 0 unspecified atom stereocenters. The first-order valence-corrected chi connectivity index (χ1v) is 9.48. The van der Waals surface area contributed by atoms with E-state index in [-0.39, 0.29) is 0 Å². The van der Waals surface area contributed by atoms with Crippen molar-refractivity contribution in [2.45, 2.75) is 32.4 Å². The summed E-state index contributed by atoms with van der Waals surface area (Å²) >= 11 is 12.4. The molecule has 134 valence electrons. The third kappa shape index (κ3) is 4.12. The Bertz CT molecular complexity index is 816. The Morgan fingerprint density at radius 1 is 1.04 bits per heavy atom. The summed E-state index contributed by atoms with van der Waals surface area (Å²) in [6.45, 7) is 4.38. The quantitative estimate of drug-likeness (QED) is 0.612. The molecule has 0 spiro atoms. The number of fused-ring (bicyclic) bond motifs is 3. The van der Waals surface area contributed by atoms with Crippen LogP contribution in [0.15, 0.2) is 36.4 Å². The molecule has 1 aromatic heterocycles. The second-order valence-corrected chi connectivity index (χ2v) is 7.58. The highest BCUT2D eigenvalue weighted by Crippen LogP contribution is 2.33. The molecule has 0 saturated heterocycles. The van der Waals surface area contributed by atoms with Gasteiger partial charge < -0.3 is 14.6 Å². The summed E-state index contributed by atoms with van der Waals surface area (Å²) in [4.78, 5) is 2.19. The Labute approximate surface area is 158 Å². The Balaban J connectivity index is 1.94. The van der Waals surface area contributed by atoms with Crippen LogP contribution in [0.5, 0.6) is 0 Å².